The average molecular weight is 239 g/mol. The summed E-state index contributed by atoms with van der Waals surface area (Å²) in [5, 5.41) is 8.18. The van der Waals surface area contributed by atoms with Crippen LogP contribution in [0.25, 0.3) is 0 Å². The van der Waals surface area contributed by atoms with E-state index in [1.807, 2.05) is 17.5 Å². The third-order valence-corrected chi connectivity index (χ3v) is 4.20. The monoisotopic (exact) mass is 239 g/mol. The van der Waals surface area contributed by atoms with Crippen LogP contribution in [0.15, 0.2) is 6.20 Å². The van der Waals surface area contributed by atoms with Crippen LogP contribution in [0.4, 0.5) is 0 Å². The predicted molar refractivity (Wildman–Crippen MR) is 68.8 cm³/mol. The quantitative estimate of drug-likeness (QED) is 0.822. The van der Waals surface area contributed by atoms with Crippen molar-refractivity contribution in [3.05, 3.63) is 16.1 Å². The van der Waals surface area contributed by atoms with Crippen LogP contribution < -0.4 is 10.6 Å². The number of nitrogens with zero attached hydrogens (tertiary/aromatic N) is 1. The molecule has 1 aromatic heterocycles. The van der Waals surface area contributed by atoms with Gasteiger partial charge in [0.2, 0.25) is 0 Å². The first kappa shape index (κ1) is 12.0. The molecule has 0 bridgehead atoms. The second kappa shape index (κ2) is 6.33. The normalized spacial score (nSPS) is 21.2. The molecule has 2 heterocycles. The summed E-state index contributed by atoms with van der Waals surface area (Å²) >= 11 is 1.83. The molecule has 1 aromatic rings. The van der Waals surface area contributed by atoms with E-state index in [0.717, 1.165) is 25.4 Å². The van der Waals surface area contributed by atoms with E-state index < -0.39 is 0 Å². The Morgan fingerprint density at radius 2 is 2.56 bits per heavy atom. The van der Waals surface area contributed by atoms with Gasteiger partial charge in [0.15, 0.2) is 0 Å². The maximum atomic E-state index is 4.41. The Morgan fingerprint density at radius 1 is 1.62 bits per heavy atom. The molecule has 16 heavy (non-hydrogen) atoms. The number of rotatable bonds is 5. The van der Waals surface area contributed by atoms with E-state index in [9.17, 15) is 0 Å². The molecule has 0 aromatic carbocycles. The van der Waals surface area contributed by atoms with Gasteiger partial charge in [-0.25, -0.2) is 4.98 Å². The lowest BCUT2D eigenvalue weighted by Gasteiger charge is -2.22. The molecule has 1 saturated heterocycles. The molecule has 1 fully saturated rings. The lowest BCUT2D eigenvalue weighted by Crippen LogP contribution is -2.35. The predicted octanol–water partition coefficient (Wildman–Crippen LogP) is 1.79. The molecule has 2 N–H and O–H groups in total. The van der Waals surface area contributed by atoms with Gasteiger partial charge < -0.3 is 10.6 Å². The molecule has 0 saturated carbocycles. The number of hydrogen-bond acceptors (Lipinski definition) is 4. The fourth-order valence-electron chi connectivity index (χ4n) is 2.07. The van der Waals surface area contributed by atoms with E-state index in [-0.39, 0.29) is 0 Å². The first-order valence-corrected chi connectivity index (χ1v) is 7.05. The fraction of sp³-hybridized carbons (Fsp3) is 0.750. The van der Waals surface area contributed by atoms with Gasteiger partial charge in [0.25, 0.3) is 0 Å². The third-order valence-electron chi connectivity index (χ3n) is 3.06. The first-order chi connectivity index (χ1) is 7.88. The van der Waals surface area contributed by atoms with E-state index in [1.54, 1.807) is 0 Å². The van der Waals surface area contributed by atoms with Crippen molar-refractivity contribution < 1.29 is 0 Å². The van der Waals surface area contributed by atoms with Crippen molar-refractivity contribution in [2.24, 2.45) is 5.92 Å². The molecule has 1 aliphatic heterocycles. The van der Waals surface area contributed by atoms with Crippen molar-refractivity contribution in [1.82, 2.24) is 15.6 Å². The van der Waals surface area contributed by atoms with Crippen molar-refractivity contribution in [3.8, 4) is 0 Å². The van der Waals surface area contributed by atoms with Crippen LogP contribution in [0.3, 0.4) is 0 Å². The van der Waals surface area contributed by atoms with Crippen LogP contribution in [0.1, 0.15) is 29.7 Å². The highest BCUT2D eigenvalue weighted by atomic mass is 32.1. The van der Waals surface area contributed by atoms with Gasteiger partial charge in [-0.15, -0.1) is 11.3 Å². The smallest absolute Gasteiger partial charge is 0.107 e. The highest BCUT2D eigenvalue weighted by Crippen LogP contribution is 2.13. The van der Waals surface area contributed by atoms with Gasteiger partial charge in [-0.2, -0.15) is 0 Å². The molecular formula is C12H21N3S. The highest BCUT2D eigenvalue weighted by molar-refractivity contribution is 7.11. The van der Waals surface area contributed by atoms with E-state index in [0.29, 0.717) is 0 Å². The van der Waals surface area contributed by atoms with Crippen molar-refractivity contribution in [2.75, 3.05) is 19.6 Å². The maximum absolute atomic E-state index is 4.41. The average Bonchev–Trinajstić information content (AvgIpc) is 2.78. The molecule has 0 radical (unpaired) electrons. The standard InChI is InChI=1S/C12H21N3S/c1-2-11-8-15-12(16-11)9-14-7-10-4-3-5-13-6-10/h8,10,13-14H,2-7,9H2,1H3. The number of nitrogens with one attached hydrogen (secondary N) is 2. The van der Waals surface area contributed by atoms with E-state index in [4.69, 9.17) is 0 Å². The Balaban J connectivity index is 1.66. The molecule has 90 valence electrons. The molecule has 1 atom stereocenters. The molecule has 0 spiro atoms. The van der Waals surface area contributed by atoms with E-state index in [1.165, 1.54) is 35.8 Å². The van der Waals surface area contributed by atoms with Crippen molar-refractivity contribution >= 4 is 11.3 Å². The largest absolute Gasteiger partial charge is 0.316 e. The third kappa shape index (κ3) is 3.54. The minimum absolute atomic E-state index is 0.805. The van der Waals surface area contributed by atoms with Crippen LogP contribution in [0.2, 0.25) is 0 Å². The molecule has 0 amide bonds. The fourth-order valence-corrected chi connectivity index (χ4v) is 2.91. The highest BCUT2D eigenvalue weighted by Gasteiger charge is 2.12. The summed E-state index contributed by atoms with van der Waals surface area (Å²) in [5.74, 6) is 0.805. The van der Waals surface area contributed by atoms with Gasteiger partial charge in [-0.05, 0) is 44.8 Å². The van der Waals surface area contributed by atoms with Gasteiger partial charge in [-0.1, -0.05) is 6.92 Å². The molecule has 0 aliphatic carbocycles. The molecular weight excluding hydrogens is 218 g/mol. The zero-order valence-electron chi connectivity index (χ0n) is 9.96. The summed E-state index contributed by atoms with van der Waals surface area (Å²) in [6.45, 7) is 6.60. The second-order valence-electron chi connectivity index (χ2n) is 4.42. The SMILES string of the molecule is CCc1cnc(CNCC2CCCNC2)s1. The summed E-state index contributed by atoms with van der Waals surface area (Å²) in [7, 11) is 0. The Morgan fingerprint density at radius 3 is 3.25 bits per heavy atom. The number of thiazole rings is 1. The van der Waals surface area contributed by atoms with E-state index >= 15 is 0 Å². The zero-order valence-corrected chi connectivity index (χ0v) is 10.8. The topological polar surface area (TPSA) is 37.0 Å². The van der Waals surface area contributed by atoms with E-state index in [2.05, 4.69) is 22.5 Å². The van der Waals surface area contributed by atoms with Crippen LogP contribution in [0.5, 0.6) is 0 Å². The Labute approximate surface area is 102 Å². The lowest BCUT2D eigenvalue weighted by molar-refractivity contribution is 0.360. The van der Waals surface area contributed by atoms with Gasteiger partial charge in [0.1, 0.15) is 5.01 Å². The van der Waals surface area contributed by atoms with Crippen molar-refractivity contribution in [3.63, 3.8) is 0 Å². The summed E-state index contributed by atoms with van der Waals surface area (Å²) < 4.78 is 0. The Hall–Kier alpha value is -0.450. The summed E-state index contributed by atoms with van der Waals surface area (Å²) in [4.78, 5) is 5.80. The number of hydrogen-bond donors (Lipinski definition) is 2. The number of aromatic nitrogens is 1. The van der Waals surface area contributed by atoms with Gasteiger partial charge in [-0.3, -0.25) is 0 Å². The molecule has 4 heteroatoms. The Kier molecular flexibility index (Phi) is 4.75. The zero-order chi connectivity index (χ0) is 11.2. The van der Waals surface area contributed by atoms with Gasteiger partial charge >= 0.3 is 0 Å². The summed E-state index contributed by atoms with van der Waals surface area (Å²) in [6.07, 6.45) is 5.79. The minimum Gasteiger partial charge on any atom is -0.316 e. The number of aryl methyl sites for hydroxylation is 1. The maximum Gasteiger partial charge on any atom is 0.107 e. The molecule has 2 rings (SSSR count). The van der Waals surface area contributed by atoms with Crippen LogP contribution in [-0.4, -0.2) is 24.6 Å². The van der Waals surface area contributed by atoms with Gasteiger partial charge in [0, 0.05) is 17.6 Å². The Bertz CT molecular complexity index is 305. The summed E-state index contributed by atoms with van der Waals surface area (Å²) in [5.41, 5.74) is 0. The second-order valence-corrected chi connectivity index (χ2v) is 5.62. The van der Waals surface area contributed by atoms with Gasteiger partial charge in [0.05, 0.1) is 0 Å². The molecule has 1 aliphatic rings. The molecule has 3 nitrogen and oxygen atoms in total. The summed E-state index contributed by atoms with van der Waals surface area (Å²) in [6, 6.07) is 0. The van der Waals surface area contributed by atoms with Crippen LogP contribution >= 0.6 is 11.3 Å². The van der Waals surface area contributed by atoms with Crippen LogP contribution in [0, 0.1) is 5.92 Å². The van der Waals surface area contributed by atoms with Crippen molar-refractivity contribution in [1.29, 1.82) is 0 Å². The molecule has 1 unspecified atom stereocenters. The van der Waals surface area contributed by atoms with Crippen LogP contribution in [-0.2, 0) is 13.0 Å². The van der Waals surface area contributed by atoms with Crippen molar-refractivity contribution in [2.45, 2.75) is 32.7 Å². The minimum atomic E-state index is 0.805. The lowest BCUT2D eigenvalue weighted by atomic mass is 10.00. The first-order valence-electron chi connectivity index (χ1n) is 6.23. The number of piperidine rings is 1.